The zero-order valence-electron chi connectivity index (χ0n) is 14.8. The minimum atomic E-state index is -1.96. The molecule has 1 aliphatic heterocycles. The summed E-state index contributed by atoms with van der Waals surface area (Å²) in [5.74, 6) is -0.991. The number of benzene rings is 3. The third-order valence-electron chi connectivity index (χ3n) is 4.78. The van der Waals surface area contributed by atoms with Gasteiger partial charge in [0, 0.05) is 11.1 Å². The highest BCUT2D eigenvalue weighted by Crippen LogP contribution is 2.44. The summed E-state index contributed by atoms with van der Waals surface area (Å²) in [7, 11) is 0. The van der Waals surface area contributed by atoms with E-state index in [9.17, 15) is 18.7 Å². The molecule has 0 unspecified atom stereocenters. The topological polar surface area (TPSA) is 49.8 Å². The third-order valence-corrected chi connectivity index (χ3v) is 4.78. The summed E-state index contributed by atoms with van der Waals surface area (Å²) in [6, 6.07) is 17.8. The number of aliphatic hydroxyl groups is 1. The van der Waals surface area contributed by atoms with Crippen LogP contribution >= 0.6 is 0 Å². The average Bonchev–Trinajstić information content (AvgIpc) is 2.92. The lowest BCUT2D eigenvalue weighted by atomic mass is 9.87. The summed E-state index contributed by atoms with van der Waals surface area (Å²) in [6.07, 6.45) is 0. The van der Waals surface area contributed by atoms with Crippen molar-refractivity contribution in [3.8, 4) is 5.75 Å². The Bertz CT molecular complexity index is 1020. The number of anilines is 1. The van der Waals surface area contributed by atoms with Crippen molar-refractivity contribution in [1.29, 1.82) is 0 Å². The van der Waals surface area contributed by atoms with Crippen LogP contribution in [0.25, 0.3) is 0 Å². The summed E-state index contributed by atoms with van der Waals surface area (Å²) in [5, 5.41) is 11.3. The molecule has 0 bridgehead atoms. The molecule has 3 aromatic carbocycles. The first-order chi connectivity index (χ1) is 13.5. The molecule has 1 atom stereocenters. The third kappa shape index (κ3) is 3.01. The second-order valence-corrected chi connectivity index (χ2v) is 6.50. The van der Waals surface area contributed by atoms with Gasteiger partial charge in [0.2, 0.25) is 0 Å². The highest BCUT2D eigenvalue weighted by Gasteiger charge is 2.50. The van der Waals surface area contributed by atoms with Gasteiger partial charge in [0.05, 0.1) is 12.2 Å². The van der Waals surface area contributed by atoms with Crippen molar-refractivity contribution < 1.29 is 23.4 Å². The van der Waals surface area contributed by atoms with E-state index in [2.05, 4.69) is 0 Å². The molecule has 0 spiro atoms. The number of nitrogens with zero attached hydrogens (tertiary/aromatic N) is 1. The van der Waals surface area contributed by atoms with Gasteiger partial charge in [-0.05, 0) is 42.5 Å². The first-order valence-electron chi connectivity index (χ1n) is 8.78. The Balaban J connectivity index is 1.61. The van der Waals surface area contributed by atoms with Gasteiger partial charge in [-0.25, -0.2) is 8.78 Å². The summed E-state index contributed by atoms with van der Waals surface area (Å²) in [5.41, 5.74) is -0.851. The van der Waals surface area contributed by atoms with Gasteiger partial charge >= 0.3 is 0 Å². The average molecular weight is 381 g/mol. The van der Waals surface area contributed by atoms with Crippen LogP contribution < -0.4 is 9.64 Å². The van der Waals surface area contributed by atoms with Gasteiger partial charge in [-0.15, -0.1) is 0 Å². The molecule has 1 heterocycles. The van der Waals surface area contributed by atoms with Crippen LogP contribution in [-0.4, -0.2) is 24.2 Å². The Hall–Kier alpha value is -3.25. The monoisotopic (exact) mass is 381 g/mol. The number of hydrogen-bond donors (Lipinski definition) is 1. The second kappa shape index (κ2) is 7.05. The van der Waals surface area contributed by atoms with Gasteiger partial charge in [0.25, 0.3) is 5.91 Å². The van der Waals surface area contributed by atoms with E-state index in [4.69, 9.17) is 4.74 Å². The molecule has 4 rings (SSSR count). The fourth-order valence-electron chi connectivity index (χ4n) is 3.43. The van der Waals surface area contributed by atoms with Crippen molar-refractivity contribution >= 4 is 11.6 Å². The van der Waals surface area contributed by atoms with E-state index in [1.165, 1.54) is 47.4 Å². The summed E-state index contributed by atoms with van der Waals surface area (Å²) in [6.45, 7) is 0.315. The highest BCUT2D eigenvalue weighted by atomic mass is 19.1. The molecule has 1 aliphatic rings. The van der Waals surface area contributed by atoms with Gasteiger partial charge in [-0.2, -0.15) is 0 Å². The number of carbonyl (C=O) groups is 1. The van der Waals surface area contributed by atoms with Crippen LogP contribution in [0.1, 0.15) is 11.1 Å². The van der Waals surface area contributed by atoms with E-state index in [1.54, 1.807) is 24.3 Å². The zero-order valence-corrected chi connectivity index (χ0v) is 14.8. The maximum absolute atomic E-state index is 13.7. The van der Waals surface area contributed by atoms with Crippen molar-refractivity contribution in [2.24, 2.45) is 0 Å². The van der Waals surface area contributed by atoms with Crippen molar-refractivity contribution in [2.75, 3.05) is 18.1 Å². The molecule has 0 saturated heterocycles. The molecule has 3 aromatic rings. The molecule has 1 N–H and O–H groups in total. The van der Waals surface area contributed by atoms with Crippen molar-refractivity contribution in [3.63, 3.8) is 0 Å². The highest BCUT2D eigenvalue weighted by molar-refractivity contribution is 6.09. The maximum Gasteiger partial charge on any atom is 0.268 e. The lowest BCUT2D eigenvalue weighted by Crippen LogP contribution is -2.42. The number of ether oxygens (including phenoxy) is 1. The van der Waals surface area contributed by atoms with Crippen LogP contribution in [0, 0.1) is 11.6 Å². The predicted molar refractivity (Wildman–Crippen MR) is 100 cm³/mol. The van der Waals surface area contributed by atoms with Crippen LogP contribution in [0.5, 0.6) is 5.75 Å². The maximum atomic E-state index is 13.7. The van der Waals surface area contributed by atoms with Crippen LogP contribution in [0.15, 0.2) is 72.8 Å². The van der Waals surface area contributed by atoms with E-state index >= 15 is 0 Å². The van der Waals surface area contributed by atoms with Crippen LogP contribution in [-0.2, 0) is 10.4 Å². The van der Waals surface area contributed by atoms with Crippen molar-refractivity contribution in [2.45, 2.75) is 5.60 Å². The molecule has 1 amide bonds. The predicted octanol–water partition coefficient (Wildman–Crippen LogP) is 3.63. The van der Waals surface area contributed by atoms with Gasteiger partial charge in [-0.3, -0.25) is 4.79 Å². The van der Waals surface area contributed by atoms with E-state index in [0.717, 1.165) is 6.07 Å². The number of hydrogen-bond acceptors (Lipinski definition) is 3. The van der Waals surface area contributed by atoms with Crippen LogP contribution in [0.3, 0.4) is 0 Å². The molecule has 142 valence electrons. The van der Waals surface area contributed by atoms with E-state index in [1.807, 2.05) is 0 Å². The van der Waals surface area contributed by atoms with Gasteiger partial charge in [-0.1, -0.05) is 30.3 Å². The second-order valence-electron chi connectivity index (χ2n) is 6.50. The Kier molecular flexibility index (Phi) is 4.57. The lowest BCUT2D eigenvalue weighted by Gasteiger charge is -2.24. The van der Waals surface area contributed by atoms with Crippen LogP contribution in [0.2, 0.25) is 0 Å². The van der Waals surface area contributed by atoms with Crippen molar-refractivity contribution in [1.82, 2.24) is 0 Å². The molecular weight excluding hydrogens is 364 g/mol. The zero-order chi connectivity index (χ0) is 19.7. The van der Waals surface area contributed by atoms with E-state index in [-0.39, 0.29) is 24.5 Å². The molecule has 0 radical (unpaired) electrons. The Morgan fingerprint density at radius 3 is 2.43 bits per heavy atom. The van der Waals surface area contributed by atoms with Crippen molar-refractivity contribution in [3.05, 3.63) is 95.6 Å². The number of amides is 1. The van der Waals surface area contributed by atoms with Gasteiger partial charge < -0.3 is 14.7 Å². The Morgan fingerprint density at radius 1 is 0.929 bits per heavy atom. The van der Waals surface area contributed by atoms with Crippen LogP contribution in [0.4, 0.5) is 14.5 Å². The molecule has 0 fully saturated rings. The molecule has 28 heavy (non-hydrogen) atoms. The number of para-hydroxylation sites is 1. The van der Waals surface area contributed by atoms with E-state index < -0.39 is 17.3 Å². The molecule has 6 heteroatoms. The minimum Gasteiger partial charge on any atom is -0.492 e. The standard InChI is InChI=1S/C22H17F2NO3/c23-16-8-10-18(11-9-16)28-13-12-25-20-7-2-1-6-19(20)22(27,21(25)26)15-4-3-5-17(24)14-15/h1-11,14,27H,12-13H2/t22-/m1/s1. The van der Waals surface area contributed by atoms with E-state index in [0.29, 0.717) is 17.0 Å². The number of fused-ring (bicyclic) bond motifs is 1. The summed E-state index contributed by atoms with van der Waals surface area (Å²) in [4.78, 5) is 14.6. The fourth-order valence-corrected chi connectivity index (χ4v) is 3.43. The first-order valence-corrected chi connectivity index (χ1v) is 8.78. The van der Waals surface area contributed by atoms with Gasteiger partial charge in [0.1, 0.15) is 24.0 Å². The van der Waals surface area contributed by atoms with Gasteiger partial charge in [0.15, 0.2) is 5.60 Å². The molecule has 0 aromatic heterocycles. The Labute approximate surface area is 160 Å². The quantitative estimate of drug-likeness (QED) is 0.734. The number of rotatable bonds is 5. The summed E-state index contributed by atoms with van der Waals surface area (Å²) >= 11 is 0. The smallest absolute Gasteiger partial charge is 0.268 e. The molecule has 0 aliphatic carbocycles. The largest absolute Gasteiger partial charge is 0.492 e. The number of halogens is 2. The molecule has 0 saturated carbocycles. The number of carbonyl (C=O) groups excluding carboxylic acids is 1. The normalized spacial score (nSPS) is 18.2. The Morgan fingerprint density at radius 2 is 1.68 bits per heavy atom. The first kappa shape index (κ1) is 18.1. The molecule has 4 nitrogen and oxygen atoms in total. The minimum absolute atomic E-state index is 0.144. The molecular formula is C22H17F2NO3. The SMILES string of the molecule is O=C1N(CCOc2ccc(F)cc2)c2ccccc2[C@]1(O)c1cccc(F)c1. The fraction of sp³-hybridized carbons (Fsp3) is 0.136. The lowest BCUT2D eigenvalue weighted by molar-refractivity contribution is -0.132. The summed E-state index contributed by atoms with van der Waals surface area (Å²) < 4.78 is 32.3.